The molecule has 4 rings (SSSR count). The number of hydrogen-bond donors (Lipinski definition) is 0. The predicted molar refractivity (Wildman–Crippen MR) is 99.0 cm³/mol. The van der Waals surface area contributed by atoms with E-state index in [-0.39, 0.29) is 17.5 Å². The molecule has 1 atom stereocenters. The van der Waals surface area contributed by atoms with Crippen molar-refractivity contribution < 1.29 is 17.9 Å². The molecule has 2 fully saturated rings. The van der Waals surface area contributed by atoms with Crippen LogP contribution in [0.15, 0.2) is 29.3 Å². The van der Waals surface area contributed by atoms with Gasteiger partial charge in [0, 0.05) is 38.4 Å². The number of halogens is 3. The Morgan fingerprint density at radius 3 is 2.66 bits per heavy atom. The number of nitrogens with zero attached hydrogens (tertiary/aromatic N) is 6. The van der Waals surface area contributed by atoms with E-state index in [1.54, 1.807) is 17.2 Å². The van der Waals surface area contributed by atoms with Crippen LogP contribution in [0, 0.1) is 0 Å². The Labute approximate surface area is 164 Å². The zero-order chi connectivity index (χ0) is 20.4. The number of morpholine rings is 1. The highest BCUT2D eigenvalue weighted by molar-refractivity contribution is 5.43. The maximum atomic E-state index is 12.9. The van der Waals surface area contributed by atoms with Crippen LogP contribution >= 0.6 is 0 Å². The molecule has 2 aliphatic rings. The summed E-state index contributed by atoms with van der Waals surface area (Å²) in [5.74, 6) is 0.0162. The number of alkyl halides is 3. The molecule has 0 aromatic carbocycles. The van der Waals surface area contributed by atoms with E-state index in [1.807, 2.05) is 4.90 Å². The van der Waals surface area contributed by atoms with Crippen molar-refractivity contribution in [2.45, 2.75) is 25.1 Å². The lowest BCUT2D eigenvalue weighted by molar-refractivity contribution is -0.141. The first kappa shape index (κ1) is 19.6. The summed E-state index contributed by atoms with van der Waals surface area (Å²) in [5.41, 5.74) is -0.455. The van der Waals surface area contributed by atoms with Gasteiger partial charge < -0.3 is 14.5 Å². The minimum atomic E-state index is -4.53. The Morgan fingerprint density at radius 2 is 1.93 bits per heavy atom. The molecule has 2 aliphatic heterocycles. The molecule has 2 aromatic heterocycles. The first-order valence-corrected chi connectivity index (χ1v) is 9.48. The van der Waals surface area contributed by atoms with E-state index >= 15 is 0 Å². The van der Waals surface area contributed by atoms with Crippen LogP contribution in [0.2, 0.25) is 0 Å². The first-order chi connectivity index (χ1) is 13.9. The largest absolute Gasteiger partial charge is 0.433 e. The van der Waals surface area contributed by atoms with Gasteiger partial charge in [0.05, 0.1) is 31.1 Å². The van der Waals surface area contributed by atoms with E-state index in [1.165, 1.54) is 4.68 Å². The average molecular weight is 410 g/mol. The van der Waals surface area contributed by atoms with Gasteiger partial charge in [0.1, 0.15) is 5.69 Å². The minimum Gasteiger partial charge on any atom is -0.378 e. The van der Waals surface area contributed by atoms with Crippen LogP contribution < -0.4 is 15.4 Å². The van der Waals surface area contributed by atoms with Crippen molar-refractivity contribution in [1.82, 2.24) is 19.7 Å². The monoisotopic (exact) mass is 410 g/mol. The van der Waals surface area contributed by atoms with E-state index in [4.69, 9.17) is 4.74 Å². The lowest BCUT2D eigenvalue weighted by Gasteiger charge is -2.33. The second kappa shape index (κ2) is 7.97. The van der Waals surface area contributed by atoms with Crippen molar-refractivity contribution in [3.63, 3.8) is 0 Å². The number of ether oxygens (including phenoxy) is 1. The SMILES string of the molecule is O=c1cc(N2CCOCC2)cnn1[C@@H]1CCCN(c2nccc(C(F)(F)F)n2)C1. The third-order valence-electron chi connectivity index (χ3n) is 5.15. The van der Waals surface area contributed by atoms with Gasteiger partial charge in [-0.15, -0.1) is 0 Å². The van der Waals surface area contributed by atoms with Crippen LogP contribution in [0.25, 0.3) is 0 Å². The van der Waals surface area contributed by atoms with E-state index < -0.39 is 11.9 Å². The summed E-state index contributed by atoms with van der Waals surface area (Å²) in [6, 6.07) is 2.15. The van der Waals surface area contributed by atoms with Crippen molar-refractivity contribution in [2.24, 2.45) is 0 Å². The third-order valence-corrected chi connectivity index (χ3v) is 5.15. The molecule has 29 heavy (non-hydrogen) atoms. The van der Waals surface area contributed by atoms with Gasteiger partial charge in [-0.05, 0) is 18.9 Å². The number of piperidine rings is 1. The van der Waals surface area contributed by atoms with E-state index in [0.29, 0.717) is 52.2 Å². The lowest BCUT2D eigenvalue weighted by Crippen LogP contribution is -2.42. The van der Waals surface area contributed by atoms with Crippen LogP contribution in [0.4, 0.5) is 24.8 Å². The fourth-order valence-electron chi connectivity index (χ4n) is 3.67. The number of rotatable bonds is 3. The summed E-state index contributed by atoms with van der Waals surface area (Å²) in [5, 5.41) is 4.34. The number of anilines is 2. The Balaban J connectivity index is 1.52. The quantitative estimate of drug-likeness (QED) is 0.763. The molecular formula is C18H21F3N6O2. The third kappa shape index (κ3) is 4.34. The van der Waals surface area contributed by atoms with Crippen LogP contribution in [0.5, 0.6) is 0 Å². The van der Waals surface area contributed by atoms with Crippen molar-refractivity contribution in [2.75, 3.05) is 49.2 Å². The summed E-state index contributed by atoms with van der Waals surface area (Å²) < 4.78 is 45.6. The Bertz CT molecular complexity index is 913. The van der Waals surface area contributed by atoms with Gasteiger partial charge in [-0.2, -0.15) is 18.3 Å². The van der Waals surface area contributed by atoms with Crippen LogP contribution in [0.3, 0.4) is 0 Å². The van der Waals surface area contributed by atoms with Gasteiger partial charge >= 0.3 is 6.18 Å². The van der Waals surface area contributed by atoms with Crippen molar-refractivity contribution in [3.05, 3.63) is 40.6 Å². The Hall–Kier alpha value is -2.69. The van der Waals surface area contributed by atoms with Crippen molar-refractivity contribution in [1.29, 1.82) is 0 Å². The molecule has 11 heteroatoms. The van der Waals surface area contributed by atoms with Gasteiger partial charge in [-0.1, -0.05) is 0 Å². The molecule has 0 saturated carbocycles. The van der Waals surface area contributed by atoms with Crippen LogP contribution in [-0.2, 0) is 10.9 Å². The molecule has 0 spiro atoms. The molecule has 2 aromatic rings. The molecule has 4 heterocycles. The van der Waals surface area contributed by atoms with Crippen LogP contribution in [-0.4, -0.2) is 59.1 Å². The molecular weight excluding hydrogens is 389 g/mol. The molecule has 156 valence electrons. The smallest absolute Gasteiger partial charge is 0.378 e. The second-order valence-corrected chi connectivity index (χ2v) is 7.08. The van der Waals surface area contributed by atoms with Gasteiger partial charge in [-0.3, -0.25) is 4.79 Å². The standard InChI is InChI=1S/C18H21F3N6O2/c19-18(20,21)15-3-4-22-17(24-15)26-5-1-2-13(12-26)27-16(28)10-14(11-23-27)25-6-8-29-9-7-25/h3-4,10-11,13H,1-2,5-9,12H2/t13-/m1/s1. The maximum Gasteiger partial charge on any atom is 0.433 e. The Kier molecular flexibility index (Phi) is 5.39. The summed E-state index contributed by atoms with van der Waals surface area (Å²) >= 11 is 0. The summed E-state index contributed by atoms with van der Waals surface area (Å²) in [4.78, 5) is 24.0. The zero-order valence-corrected chi connectivity index (χ0v) is 15.7. The molecule has 8 nitrogen and oxygen atoms in total. The highest BCUT2D eigenvalue weighted by Gasteiger charge is 2.34. The van der Waals surface area contributed by atoms with Gasteiger partial charge in [0.25, 0.3) is 5.56 Å². The van der Waals surface area contributed by atoms with Crippen molar-refractivity contribution in [3.8, 4) is 0 Å². The molecule has 0 N–H and O–H groups in total. The topological polar surface area (TPSA) is 76.4 Å². The normalized spacial score (nSPS) is 20.7. The summed E-state index contributed by atoms with van der Waals surface area (Å²) in [6.07, 6.45) is -0.355. The van der Waals surface area contributed by atoms with Gasteiger partial charge in [0.15, 0.2) is 0 Å². The van der Waals surface area contributed by atoms with E-state index in [2.05, 4.69) is 15.1 Å². The highest BCUT2D eigenvalue weighted by Crippen LogP contribution is 2.29. The maximum absolute atomic E-state index is 12.9. The molecule has 0 radical (unpaired) electrons. The number of aromatic nitrogens is 4. The fourth-order valence-corrected chi connectivity index (χ4v) is 3.67. The fraction of sp³-hybridized carbons (Fsp3) is 0.556. The molecule has 0 unspecified atom stereocenters. The number of hydrogen-bond acceptors (Lipinski definition) is 7. The first-order valence-electron chi connectivity index (χ1n) is 9.48. The average Bonchev–Trinajstić information content (AvgIpc) is 2.74. The molecule has 0 bridgehead atoms. The van der Waals surface area contributed by atoms with Crippen LogP contribution in [0.1, 0.15) is 24.6 Å². The van der Waals surface area contributed by atoms with Gasteiger partial charge in [0.2, 0.25) is 5.95 Å². The molecule has 2 saturated heterocycles. The van der Waals surface area contributed by atoms with E-state index in [0.717, 1.165) is 18.0 Å². The minimum absolute atomic E-state index is 0.0162. The predicted octanol–water partition coefficient (Wildman–Crippen LogP) is 1.73. The second-order valence-electron chi connectivity index (χ2n) is 7.08. The zero-order valence-electron chi connectivity index (χ0n) is 15.7. The van der Waals surface area contributed by atoms with E-state index in [9.17, 15) is 18.0 Å². The van der Waals surface area contributed by atoms with Crippen molar-refractivity contribution >= 4 is 11.6 Å². The molecule has 0 aliphatic carbocycles. The summed E-state index contributed by atoms with van der Waals surface area (Å²) in [7, 11) is 0. The van der Waals surface area contributed by atoms with Gasteiger partial charge in [-0.25, -0.2) is 14.6 Å². The lowest BCUT2D eigenvalue weighted by atomic mass is 10.1. The molecule has 0 amide bonds. The Morgan fingerprint density at radius 1 is 1.14 bits per heavy atom. The highest BCUT2D eigenvalue weighted by atomic mass is 19.4. The summed E-state index contributed by atoms with van der Waals surface area (Å²) in [6.45, 7) is 3.48.